The summed E-state index contributed by atoms with van der Waals surface area (Å²) in [7, 11) is 0. The van der Waals surface area contributed by atoms with Gasteiger partial charge in [-0.1, -0.05) is 13.8 Å². The second-order valence-corrected chi connectivity index (χ2v) is 9.26. The highest BCUT2D eigenvalue weighted by Crippen LogP contribution is 2.36. The molecule has 2 aliphatic heterocycles. The second kappa shape index (κ2) is 13.8. The zero-order chi connectivity index (χ0) is 28.7. The van der Waals surface area contributed by atoms with Crippen LogP contribution in [-0.2, 0) is 61.9 Å². The third-order valence-electron chi connectivity index (χ3n) is 6.21. The molecule has 1 N–H and O–H groups in total. The van der Waals surface area contributed by atoms with Crippen molar-refractivity contribution >= 4 is 29.8 Å². The van der Waals surface area contributed by atoms with E-state index in [4.69, 9.17) is 37.9 Å². The van der Waals surface area contributed by atoms with Crippen LogP contribution in [0.1, 0.15) is 48.5 Å². The molecule has 0 saturated carbocycles. The highest BCUT2D eigenvalue weighted by atomic mass is 16.8. The summed E-state index contributed by atoms with van der Waals surface area (Å²) >= 11 is 0. The Labute approximate surface area is 220 Å². The minimum atomic E-state index is -1.57. The Hall–Kier alpha value is -2.81. The molecule has 216 valence electrons. The molecule has 2 aliphatic rings. The summed E-state index contributed by atoms with van der Waals surface area (Å²) in [6.07, 6.45) is -10.3. The summed E-state index contributed by atoms with van der Waals surface area (Å²) in [6.45, 7) is 8.85. The summed E-state index contributed by atoms with van der Waals surface area (Å²) < 4.78 is 43.9. The predicted molar refractivity (Wildman–Crippen MR) is 123 cm³/mol. The van der Waals surface area contributed by atoms with Crippen molar-refractivity contribution in [3.05, 3.63) is 0 Å². The Balaban J connectivity index is 2.42. The average Bonchev–Trinajstić information content (AvgIpc) is 2.79. The predicted octanol–water partition coefficient (Wildman–Crippen LogP) is 0.00720. The summed E-state index contributed by atoms with van der Waals surface area (Å²) in [5.74, 6) is -4.01. The van der Waals surface area contributed by atoms with Gasteiger partial charge in [-0.15, -0.1) is 0 Å². The highest BCUT2D eigenvalue weighted by Gasteiger charge is 2.53. The number of aliphatic hydroxyl groups is 1. The number of carbonyl (C=O) groups is 5. The summed E-state index contributed by atoms with van der Waals surface area (Å²) in [6, 6.07) is 0. The Kier molecular flexibility index (Phi) is 11.4. The molecule has 2 heterocycles. The number of carbonyl (C=O) groups excluding carboxylic acids is 5. The zero-order valence-corrected chi connectivity index (χ0v) is 22.4. The minimum Gasteiger partial charge on any atom is -0.463 e. The molecule has 14 heteroatoms. The summed E-state index contributed by atoms with van der Waals surface area (Å²) in [5, 5.41) is 10.8. The first-order valence-corrected chi connectivity index (χ1v) is 12.1. The fraction of sp³-hybridized carbons (Fsp3) is 0.792. The van der Waals surface area contributed by atoms with Crippen LogP contribution in [0.4, 0.5) is 0 Å². The normalized spacial score (nSPS) is 34.9. The van der Waals surface area contributed by atoms with E-state index in [9.17, 15) is 29.1 Å². The molecule has 2 rings (SSSR count). The van der Waals surface area contributed by atoms with Crippen LogP contribution in [0, 0.1) is 11.8 Å². The van der Waals surface area contributed by atoms with Crippen molar-refractivity contribution < 1.29 is 67.0 Å². The first-order chi connectivity index (χ1) is 17.7. The van der Waals surface area contributed by atoms with Crippen LogP contribution in [0.5, 0.6) is 0 Å². The van der Waals surface area contributed by atoms with Crippen molar-refractivity contribution in [3.8, 4) is 0 Å². The molecule has 0 aromatic heterocycles. The molecule has 0 aromatic rings. The van der Waals surface area contributed by atoms with Crippen LogP contribution >= 0.6 is 0 Å². The van der Waals surface area contributed by atoms with Crippen molar-refractivity contribution in [1.29, 1.82) is 0 Å². The molecule has 0 aromatic carbocycles. The molecule has 14 nitrogen and oxygen atoms in total. The third-order valence-corrected chi connectivity index (χ3v) is 6.21. The van der Waals surface area contributed by atoms with Crippen LogP contribution in [0.25, 0.3) is 0 Å². The lowest BCUT2D eigenvalue weighted by Crippen LogP contribution is -2.64. The number of hydrogen-bond acceptors (Lipinski definition) is 14. The number of hydrogen-bond donors (Lipinski definition) is 1. The van der Waals surface area contributed by atoms with Gasteiger partial charge in [-0.2, -0.15) is 0 Å². The Morgan fingerprint density at radius 1 is 0.605 bits per heavy atom. The molecule has 0 bridgehead atoms. The molecule has 38 heavy (non-hydrogen) atoms. The fourth-order valence-corrected chi connectivity index (χ4v) is 4.23. The van der Waals surface area contributed by atoms with E-state index in [0.29, 0.717) is 0 Å². The van der Waals surface area contributed by atoms with Crippen LogP contribution < -0.4 is 0 Å². The molecule has 10 unspecified atom stereocenters. The monoisotopic (exact) mass is 548 g/mol. The van der Waals surface area contributed by atoms with E-state index in [1.54, 1.807) is 6.92 Å². The van der Waals surface area contributed by atoms with Gasteiger partial charge in [-0.3, -0.25) is 24.0 Å². The van der Waals surface area contributed by atoms with Gasteiger partial charge in [0.15, 0.2) is 24.6 Å². The smallest absolute Gasteiger partial charge is 0.303 e. The summed E-state index contributed by atoms with van der Waals surface area (Å²) in [5.41, 5.74) is 0. The Morgan fingerprint density at radius 2 is 1.03 bits per heavy atom. The lowest BCUT2D eigenvalue weighted by Gasteiger charge is -2.47. The van der Waals surface area contributed by atoms with Gasteiger partial charge in [-0.25, -0.2) is 0 Å². The number of ether oxygens (including phenoxy) is 8. The second-order valence-electron chi connectivity index (χ2n) is 9.26. The molecule has 2 saturated heterocycles. The SMILES string of the molecule is CC(=O)OCC1OC(OC2OC(COC(C)=O)C(O)C(OC(C)=O)C2OC(C)=O)C(OC(C)=O)C(C)C1C. The molecule has 0 aliphatic carbocycles. The van der Waals surface area contributed by atoms with Gasteiger partial charge in [0.2, 0.25) is 6.29 Å². The van der Waals surface area contributed by atoms with Crippen LogP contribution in [0.2, 0.25) is 0 Å². The number of esters is 5. The van der Waals surface area contributed by atoms with Crippen molar-refractivity contribution in [2.24, 2.45) is 11.8 Å². The largest absolute Gasteiger partial charge is 0.463 e. The van der Waals surface area contributed by atoms with Gasteiger partial charge in [0, 0.05) is 40.5 Å². The van der Waals surface area contributed by atoms with Gasteiger partial charge in [0.1, 0.15) is 25.4 Å². The number of rotatable bonds is 9. The van der Waals surface area contributed by atoms with Crippen molar-refractivity contribution in [1.82, 2.24) is 0 Å². The van der Waals surface area contributed by atoms with Crippen LogP contribution in [-0.4, -0.2) is 97.4 Å². The molecule has 10 atom stereocenters. The van der Waals surface area contributed by atoms with E-state index >= 15 is 0 Å². The molecule has 2 fully saturated rings. The fourth-order valence-electron chi connectivity index (χ4n) is 4.23. The average molecular weight is 549 g/mol. The van der Waals surface area contributed by atoms with Gasteiger partial charge < -0.3 is 43.0 Å². The topological polar surface area (TPSA) is 179 Å². The summed E-state index contributed by atoms with van der Waals surface area (Å²) in [4.78, 5) is 58.4. The minimum absolute atomic E-state index is 0.115. The lowest BCUT2D eigenvalue weighted by molar-refractivity contribution is -0.370. The van der Waals surface area contributed by atoms with Crippen LogP contribution in [0.15, 0.2) is 0 Å². The molecular weight excluding hydrogens is 512 g/mol. The highest BCUT2D eigenvalue weighted by molar-refractivity contribution is 5.68. The maximum Gasteiger partial charge on any atom is 0.303 e. The first-order valence-electron chi connectivity index (χ1n) is 12.1. The third kappa shape index (κ3) is 8.61. The van der Waals surface area contributed by atoms with Gasteiger partial charge in [0.05, 0.1) is 6.10 Å². The van der Waals surface area contributed by atoms with E-state index in [-0.39, 0.29) is 18.4 Å². The first kappa shape index (κ1) is 31.4. The van der Waals surface area contributed by atoms with Gasteiger partial charge >= 0.3 is 29.8 Å². The van der Waals surface area contributed by atoms with E-state index in [1.165, 1.54) is 13.8 Å². The van der Waals surface area contributed by atoms with E-state index in [0.717, 1.165) is 20.8 Å². The lowest BCUT2D eigenvalue weighted by atomic mass is 9.83. The van der Waals surface area contributed by atoms with E-state index < -0.39 is 85.7 Å². The quantitative estimate of drug-likeness (QED) is 0.301. The van der Waals surface area contributed by atoms with E-state index in [2.05, 4.69) is 0 Å². The maximum absolute atomic E-state index is 11.9. The van der Waals surface area contributed by atoms with E-state index in [1.807, 2.05) is 6.92 Å². The molecule has 0 radical (unpaired) electrons. The van der Waals surface area contributed by atoms with Crippen molar-refractivity contribution in [2.75, 3.05) is 13.2 Å². The Morgan fingerprint density at radius 3 is 1.53 bits per heavy atom. The van der Waals surface area contributed by atoms with Crippen molar-refractivity contribution in [2.45, 2.75) is 97.7 Å². The standard InChI is InChI=1S/C24H36O14/c1-10-11(2)20(33-14(5)27)23(36-17(10)8-31-12(3)25)38-24-22(35-16(7)29)21(34-15(6)28)19(30)18(37-24)9-32-13(4)26/h10-11,17-24,30H,8-9H2,1-7H3. The van der Waals surface area contributed by atoms with Crippen LogP contribution in [0.3, 0.4) is 0 Å². The van der Waals surface area contributed by atoms with Gasteiger partial charge in [0.25, 0.3) is 0 Å². The zero-order valence-electron chi connectivity index (χ0n) is 22.4. The van der Waals surface area contributed by atoms with Crippen molar-refractivity contribution in [3.63, 3.8) is 0 Å². The molecule has 0 spiro atoms. The molecule has 0 amide bonds. The molecular formula is C24H36O14. The number of aliphatic hydroxyl groups excluding tert-OH is 1. The Bertz CT molecular complexity index is 872. The maximum atomic E-state index is 11.9. The van der Waals surface area contributed by atoms with Gasteiger partial charge in [-0.05, 0) is 5.92 Å².